The summed E-state index contributed by atoms with van der Waals surface area (Å²) in [6.07, 6.45) is 7.33. The maximum absolute atomic E-state index is 12.4. The van der Waals surface area contributed by atoms with Gasteiger partial charge in [-0.05, 0) is 80.5 Å². The molecule has 0 saturated heterocycles. The summed E-state index contributed by atoms with van der Waals surface area (Å²) in [5.74, 6) is 1.72. The first-order valence-corrected chi connectivity index (χ1v) is 9.68. The molecule has 0 aromatic heterocycles. The lowest BCUT2D eigenvalue weighted by atomic mass is 9.53. The molecule has 0 radical (unpaired) electrons. The molecule has 5 heteroatoms. The second kappa shape index (κ2) is 6.60. The number of anilines is 1. The lowest BCUT2D eigenvalue weighted by molar-refractivity contribution is -0.130. The zero-order valence-electron chi connectivity index (χ0n) is 15.7. The summed E-state index contributed by atoms with van der Waals surface area (Å²) in [6, 6.07) is 7.20. The second-order valence-electron chi connectivity index (χ2n) is 8.76. The van der Waals surface area contributed by atoms with E-state index in [1.165, 1.54) is 19.3 Å². The fraction of sp³-hybridized carbons (Fsp3) is 0.619. The average molecular weight is 356 g/mol. The molecule has 0 aliphatic heterocycles. The van der Waals surface area contributed by atoms with Gasteiger partial charge in [0.25, 0.3) is 5.91 Å². The van der Waals surface area contributed by atoms with E-state index in [-0.39, 0.29) is 18.1 Å². The molecule has 1 amide bonds. The Morgan fingerprint density at radius 2 is 1.58 bits per heavy atom. The monoisotopic (exact) mass is 356 g/mol. The second-order valence-corrected chi connectivity index (χ2v) is 8.76. The molecular weight excluding hydrogens is 328 g/mol. The summed E-state index contributed by atoms with van der Waals surface area (Å²) < 4.78 is 5.24. The Morgan fingerprint density at radius 1 is 1.04 bits per heavy atom. The number of rotatable bonds is 5. The van der Waals surface area contributed by atoms with Crippen molar-refractivity contribution in [3.8, 4) is 0 Å². The van der Waals surface area contributed by atoms with Gasteiger partial charge in [0.1, 0.15) is 0 Å². The number of carbonyl (C=O) groups is 2. The largest absolute Gasteiger partial charge is 0.452 e. The third kappa shape index (κ3) is 3.44. The van der Waals surface area contributed by atoms with Gasteiger partial charge in [-0.25, -0.2) is 4.79 Å². The maximum atomic E-state index is 12.4. The van der Waals surface area contributed by atoms with E-state index >= 15 is 0 Å². The van der Waals surface area contributed by atoms with E-state index in [4.69, 9.17) is 4.74 Å². The van der Waals surface area contributed by atoms with Crippen molar-refractivity contribution in [3.05, 3.63) is 29.8 Å². The fourth-order valence-corrected chi connectivity index (χ4v) is 5.71. The predicted molar refractivity (Wildman–Crippen MR) is 100 cm³/mol. The molecule has 0 atom stereocenters. The molecule has 5 rings (SSSR count). The van der Waals surface area contributed by atoms with Gasteiger partial charge in [-0.3, -0.25) is 4.79 Å². The Kier molecular flexibility index (Phi) is 4.41. The third-order valence-corrected chi connectivity index (χ3v) is 6.40. The quantitative estimate of drug-likeness (QED) is 0.824. The number of nitrogens with one attached hydrogen (secondary N) is 1. The molecule has 140 valence electrons. The normalized spacial score (nSPS) is 31.5. The van der Waals surface area contributed by atoms with Crippen LogP contribution in [0.3, 0.4) is 0 Å². The zero-order chi connectivity index (χ0) is 18.3. The average Bonchev–Trinajstić information content (AvgIpc) is 2.58. The van der Waals surface area contributed by atoms with Gasteiger partial charge in [0.2, 0.25) is 0 Å². The number of nitrogens with zero attached hydrogens (tertiary/aromatic N) is 1. The van der Waals surface area contributed by atoms with Crippen LogP contribution in [0.25, 0.3) is 0 Å². The van der Waals surface area contributed by atoms with Crippen molar-refractivity contribution >= 4 is 17.6 Å². The number of hydrogen-bond donors (Lipinski definition) is 1. The van der Waals surface area contributed by atoms with Crippen LogP contribution in [0.2, 0.25) is 0 Å². The number of ether oxygens (including phenoxy) is 1. The molecule has 4 aliphatic carbocycles. The number of amides is 1. The van der Waals surface area contributed by atoms with Crippen molar-refractivity contribution in [2.45, 2.75) is 44.1 Å². The van der Waals surface area contributed by atoms with Gasteiger partial charge >= 0.3 is 5.97 Å². The van der Waals surface area contributed by atoms with Crippen LogP contribution in [-0.4, -0.2) is 38.1 Å². The van der Waals surface area contributed by atoms with Gasteiger partial charge in [0.15, 0.2) is 6.61 Å². The Morgan fingerprint density at radius 3 is 2.08 bits per heavy atom. The molecule has 5 nitrogen and oxygen atoms in total. The van der Waals surface area contributed by atoms with Crippen LogP contribution in [0.15, 0.2) is 24.3 Å². The minimum Gasteiger partial charge on any atom is -0.452 e. The predicted octanol–water partition coefficient (Wildman–Crippen LogP) is 2.99. The lowest BCUT2D eigenvalue weighted by Gasteiger charge is -2.56. The first-order valence-electron chi connectivity index (χ1n) is 9.68. The first kappa shape index (κ1) is 17.4. The minimum atomic E-state index is -0.448. The van der Waals surface area contributed by atoms with Gasteiger partial charge in [0.05, 0.1) is 5.56 Å². The van der Waals surface area contributed by atoms with Gasteiger partial charge in [-0.1, -0.05) is 0 Å². The first-order chi connectivity index (χ1) is 12.4. The highest BCUT2D eigenvalue weighted by Crippen LogP contribution is 2.55. The van der Waals surface area contributed by atoms with Crippen molar-refractivity contribution in [3.63, 3.8) is 0 Å². The summed E-state index contributed by atoms with van der Waals surface area (Å²) in [5, 5.41) is 3.23. The molecular formula is C21H28N2O3. The topological polar surface area (TPSA) is 58.6 Å². The summed E-state index contributed by atoms with van der Waals surface area (Å²) in [4.78, 5) is 26.6. The van der Waals surface area contributed by atoms with E-state index in [9.17, 15) is 9.59 Å². The molecule has 4 fully saturated rings. The van der Waals surface area contributed by atoms with E-state index < -0.39 is 5.97 Å². The maximum Gasteiger partial charge on any atom is 0.338 e. The lowest BCUT2D eigenvalue weighted by Crippen LogP contribution is -2.60. The van der Waals surface area contributed by atoms with Gasteiger partial charge in [-0.15, -0.1) is 0 Å². The highest BCUT2D eigenvalue weighted by Gasteiger charge is 2.51. The number of carbonyl (C=O) groups excluding carboxylic acids is 2. The van der Waals surface area contributed by atoms with Gasteiger partial charge < -0.3 is 15.0 Å². The summed E-state index contributed by atoms with van der Waals surface area (Å²) >= 11 is 0. The van der Waals surface area contributed by atoms with Crippen LogP contribution < -0.4 is 10.2 Å². The van der Waals surface area contributed by atoms with Crippen molar-refractivity contribution in [2.24, 2.45) is 17.8 Å². The van der Waals surface area contributed by atoms with Crippen molar-refractivity contribution in [1.82, 2.24) is 5.32 Å². The van der Waals surface area contributed by atoms with Crippen LogP contribution in [0.4, 0.5) is 5.69 Å². The smallest absolute Gasteiger partial charge is 0.338 e. The molecule has 0 spiro atoms. The minimum absolute atomic E-state index is 0.0361. The van der Waals surface area contributed by atoms with Crippen LogP contribution in [0.5, 0.6) is 0 Å². The molecule has 4 aliphatic rings. The van der Waals surface area contributed by atoms with Crippen LogP contribution >= 0.6 is 0 Å². The van der Waals surface area contributed by atoms with Gasteiger partial charge in [-0.2, -0.15) is 0 Å². The molecule has 0 unspecified atom stereocenters. The molecule has 1 N–H and O–H groups in total. The Hall–Kier alpha value is -2.04. The fourth-order valence-electron chi connectivity index (χ4n) is 5.71. The molecule has 26 heavy (non-hydrogen) atoms. The number of esters is 1. The molecule has 4 bridgehead atoms. The van der Waals surface area contributed by atoms with Crippen molar-refractivity contribution < 1.29 is 14.3 Å². The summed E-state index contributed by atoms with van der Waals surface area (Å²) in [6.45, 7) is -0.198. The molecule has 1 aromatic carbocycles. The molecule has 0 heterocycles. The van der Waals surface area contributed by atoms with Crippen molar-refractivity contribution in [1.29, 1.82) is 0 Å². The van der Waals surface area contributed by atoms with E-state index in [0.29, 0.717) is 5.56 Å². The standard InChI is InChI=1S/C21H28N2O3/c1-23(2)18-5-3-17(4-6-18)20(25)26-13-19(24)22-21-10-14-7-15(11-21)9-16(8-14)12-21/h3-6,14-16H,7-13H2,1-2H3,(H,22,24). The Balaban J connectivity index is 1.31. The van der Waals surface area contributed by atoms with Crippen molar-refractivity contribution in [2.75, 3.05) is 25.6 Å². The third-order valence-electron chi connectivity index (χ3n) is 6.40. The van der Waals surface area contributed by atoms with E-state index in [2.05, 4.69) is 5.32 Å². The zero-order valence-corrected chi connectivity index (χ0v) is 15.7. The summed E-state index contributed by atoms with van der Waals surface area (Å²) in [7, 11) is 3.89. The van der Waals surface area contributed by atoms with E-state index in [1.807, 2.05) is 31.1 Å². The molecule has 4 saturated carbocycles. The SMILES string of the molecule is CN(C)c1ccc(C(=O)OCC(=O)NC23CC4CC(CC(C4)C2)C3)cc1. The van der Waals surface area contributed by atoms with Gasteiger partial charge in [0, 0.05) is 25.3 Å². The van der Waals surface area contributed by atoms with Crippen LogP contribution in [0, 0.1) is 17.8 Å². The number of hydrogen-bond acceptors (Lipinski definition) is 4. The van der Waals surface area contributed by atoms with Crippen LogP contribution in [-0.2, 0) is 9.53 Å². The van der Waals surface area contributed by atoms with E-state index in [0.717, 1.165) is 42.7 Å². The number of benzene rings is 1. The molecule has 1 aromatic rings. The Bertz CT molecular complexity index is 660. The summed E-state index contributed by atoms with van der Waals surface area (Å²) in [5.41, 5.74) is 1.45. The Labute approximate surface area is 155 Å². The van der Waals surface area contributed by atoms with Crippen LogP contribution in [0.1, 0.15) is 48.9 Å². The highest BCUT2D eigenvalue weighted by atomic mass is 16.5. The van der Waals surface area contributed by atoms with E-state index in [1.54, 1.807) is 12.1 Å². The highest BCUT2D eigenvalue weighted by molar-refractivity contribution is 5.91.